The molecule has 13 aromatic rings. The van der Waals surface area contributed by atoms with Crippen LogP contribution in [0.1, 0.15) is 0 Å². The molecule has 5 heterocycles. The van der Waals surface area contributed by atoms with Crippen LogP contribution in [0.4, 0.5) is 51.2 Å². The lowest BCUT2D eigenvalue weighted by molar-refractivity contribution is 1.24. The predicted molar refractivity (Wildman–Crippen MR) is 294 cm³/mol. The Balaban J connectivity index is 1.14. The highest BCUT2D eigenvalue weighted by atomic mass is 32.1. The molecule has 0 saturated heterocycles. The molecule has 0 N–H and O–H groups in total. The SMILES string of the molecule is c1ccc(N(c2cc3c4c(c2)N(c2ccccc2)c2c(ccc5sc6ccccc6c25)B4c2ccc4sc5ccccc5c4c2N3c2ccccc2)c2cccc3sc4ccccc4c23)cc1. The van der Waals surface area contributed by atoms with E-state index in [4.69, 9.17) is 0 Å². The van der Waals surface area contributed by atoms with Gasteiger partial charge in [-0.15, -0.1) is 34.0 Å². The number of nitrogens with zero attached hydrogens (tertiary/aromatic N) is 3. The van der Waals surface area contributed by atoms with E-state index >= 15 is 0 Å². The molecule has 10 aromatic carbocycles. The van der Waals surface area contributed by atoms with Gasteiger partial charge in [-0.05, 0) is 107 Å². The molecular formula is C60H36BN3S3. The third-order valence-corrected chi connectivity index (χ3v) is 17.4. The molecule has 0 bridgehead atoms. The van der Waals surface area contributed by atoms with Crippen LogP contribution in [0.2, 0.25) is 0 Å². The van der Waals surface area contributed by atoms with E-state index in [1.807, 2.05) is 34.0 Å². The number of fused-ring (bicyclic) bond motifs is 15. The molecule has 3 aromatic heterocycles. The summed E-state index contributed by atoms with van der Waals surface area (Å²) in [5, 5.41) is 7.75. The molecule has 0 aliphatic carbocycles. The molecule has 15 rings (SSSR count). The predicted octanol–water partition coefficient (Wildman–Crippen LogP) is 16.3. The summed E-state index contributed by atoms with van der Waals surface area (Å²) in [6.45, 7) is -0.0514. The van der Waals surface area contributed by atoms with E-state index < -0.39 is 0 Å². The molecule has 2 aliphatic heterocycles. The van der Waals surface area contributed by atoms with Gasteiger partial charge < -0.3 is 14.7 Å². The van der Waals surface area contributed by atoms with Crippen molar-refractivity contribution in [2.45, 2.75) is 0 Å². The summed E-state index contributed by atoms with van der Waals surface area (Å²) >= 11 is 5.65. The van der Waals surface area contributed by atoms with Crippen LogP contribution in [0.25, 0.3) is 60.5 Å². The molecule has 312 valence electrons. The van der Waals surface area contributed by atoms with Crippen LogP contribution in [0.3, 0.4) is 0 Å². The summed E-state index contributed by atoms with van der Waals surface area (Å²) in [6, 6.07) is 81.5. The van der Waals surface area contributed by atoms with E-state index in [1.54, 1.807) is 0 Å². The molecule has 2 aliphatic rings. The summed E-state index contributed by atoms with van der Waals surface area (Å²) in [5.74, 6) is 0. The molecule has 0 spiro atoms. The van der Waals surface area contributed by atoms with E-state index in [9.17, 15) is 0 Å². The molecule has 0 unspecified atom stereocenters. The average molecular weight is 906 g/mol. The fourth-order valence-corrected chi connectivity index (χ4v) is 14.7. The van der Waals surface area contributed by atoms with Gasteiger partial charge in [-0.3, -0.25) is 0 Å². The second-order valence-corrected chi connectivity index (χ2v) is 20.8. The number of benzene rings is 10. The van der Waals surface area contributed by atoms with Crippen LogP contribution in [0, 0.1) is 0 Å². The zero-order valence-corrected chi connectivity index (χ0v) is 38.4. The van der Waals surface area contributed by atoms with Gasteiger partial charge in [-0.25, -0.2) is 0 Å². The third-order valence-electron chi connectivity index (χ3n) is 14.0. The van der Waals surface area contributed by atoms with E-state index in [2.05, 4.69) is 233 Å². The van der Waals surface area contributed by atoms with Crippen molar-refractivity contribution in [1.29, 1.82) is 0 Å². The van der Waals surface area contributed by atoms with Gasteiger partial charge >= 0.3 is 0 Å². The quantitative estimate of drug-likeness (QED) is 0.159. The topological polar surface area (TPSA) is 9.72 Å². The highest BCUT2D eigenvalue weighted by Gasteiger charge is 2.45. The first-order valence-electron chi connectivity index (χ1n) is 22.8. The first-order valence-corrected chi connectivity index (χ1v) is 25.2. The third kappa shape index (κ3) is 5.39. The summed E-state index contributed by atoms with van der Waals surface area (Å²) in [7, 11) is 0. The monoisotopic (exact) mass is 905 g/mol. The highest BCUT2D eigenvalue weighted by molar-refractivity contribution is 7.27. The van der Waals surface area contributed by atoms with E-state index in [1.165, 1.54) is 99.7 Å². The largest absolute Gasteiger partial charge is 0.311 e. The van der Waals surface area contributed by atoms with Crippen LogP contribution in [0.5, 0.6) is 0 Å². The van der Waals surface area contributed by atoms with Crippen LogP contribution in [-0.4, -0.2) is 6.71 Å². The average Bonchev–Trinajstić information content (AvgIpc) is 4.09. The fraction of sp³-hybridized carbons (Fsp3) is 0. The van der Waals surface area contributed by atoms with Gasteiger partial charge in [0.25, 0.3) is 6.71 Å². The zero-order chi connectivity index (χ0) is 43.7. The fourth-order valence-electron chi connectivity index (χ4n) is 11.3. The lowest BCUT2D eigenvalue weighted by Crippen LogP contribution is -2.61. The van der Waals surface area contributed by atoms with Crippen molar-refractivity contribution in [2.24, 2.45) is 0 Å². The van der Waals surface area contributed by atoms with E-state index in [0.717, 1.165) is 28.4 Å². The molecule has 0 amide bonds. The molecule has 3 nitrogen and oxygen atoms in total. The van der Waals surface area contributed by atoms with E-state index in [-0.39, 0.29) is 6.71 Å². The first kappa shape index (κ1) is 37.5. The number of rotatable bonds is 5. The van der Waals surface area contributed by atoms with Gasteiger partial charge in [-0.1, -0.05) is 127 Å². The molecule has 0 atom stereocenters. The maximum Gasteiger partial charge on any atom is 0.252 e. The number of anilines is 9. The van der Waals surface area contributed by atoms with E-state index in [0.29, 0.717) is 0 Å². The summed E-state index contributed by atoms with van der Waals surface area (Å²) in [5.41, 5.74) is 14.5. The second-order valence-electron chi connectivity index (χ2n) is 17.5. The molecule has 0 fully saturated rings. The van der Waals surface area contributed by atoms with Crippen molar-refractivity contribution in [3.63, 3.8) is 0 Å². The minimum atomic E-state index is -0.0514. The van der Waals surface area contributed by atoms with Gasteiger partial charge in [0.2, 0.25) is 0 Å². The van der Waals surface area contributed by atoms with Gasteiger partial charge in [0, 0.05) is 89.0 Å². The number of para-hydroxylation sites is 3. The summed E-state index contributed by atoms with van der Waals surface area (Å²) < 4.78 is 7.76. The first-order chi connectivity index (χ1) is 33.3. The Kier molecular flexibility index (Phi) is 8.07. The Morgan fingerprint density at radius 2 is 0.761 bits per heavy atom. The standard InChI is InChI=1S/C60H36BN3S3/c1-4-17-37(18-5-1)62(46-26-16-30-52-55(46)41-23-10-13-27-49(41)65-52)40-35-47-58-48(36-40)64(39-21-8-3-9-22-39)60-45(32-34-54-57(60)43-25-12-15-29-51(43)67-54)61(58)44-31-33-53-56(42-24-11-14-28-50(42)66-53)59(44)63(47)38-19-6-2-7-20-38/h1-36H. The van der Waals surface area contributed by atoms with Gasteiger partial charge in [-0.2, -0.15) is 0 Å². The lowest BCUT2D eigenvalue weighted by atomic mass is 9.33. The maximum atomic E-state index is 2.60. The Bertz CT molecular complexity index is 3950. The molecule has 67 heavy (non-hydrogen) atoms. The van der Waals surface area contributed by atoms with Crippen molar-refractivity contribution in [2.75, 3.05) is 14.7 Å². The number of hydrogen-bond acceptors (Lipinski definition) is 6. The minimum Gasteiger partial charge on any atom is -0.311 e. The van der Waals surface area contributed by atoms with Crippen LogP contribution in [-0.2, 0) is 0 Å². The van der Waals surface area contributed by atoms with Crippen molar-refractivity contribution in [1.82, 2.24) is 0 Å². The maximum absolute atomic E-state index is 2.60. The number of thiophene rings is 3. The Morgan fingerprint density at radius 3 is 1.27 bits per heavy atom. The normalized spacial score (nSPS) is 13.0. The Labute approximate surface area is 399 Å². The smallest absolute Gasteiger partial charge is 0.252 e. The van der Waals surface area contributed by atoms with Crippen molar-refractivity contribution < 1.29 is 0 Å². The van der Waals surface area contributed by atoms with Crippen LogP contribution in [0.15, 0.2) is 218 Å². The molecule has 0 radical (unpaired) electrons. The van der Waals surface area contributed by atoms with Crippen molar-refractivity contribution >= 4 is 169 Å². The van der Waals surface area contributed by atoms with Gasteiger partial charge in [0.05, 0.1) is 22.7 Å². The van der Waals surface area contributed by atoms with Gasteiger partial charge in [0.1, 0.15) is 0 Å². The Hall–Kier alpha value is -7.68. The minimum absolute atomic E-state index is 0.0514. The lowest BCUT2D eigenvalue weighted by Gasteiger charge is -2.45. The van der Waals surface area contributed by atoms with Gasteiger partial charge in [0.15, 0.2) is 0 Å². The highest BCUT2D eigenvalue weighted by Crippen LogP contribution is 2.54. The van der Waals surface area contributed by atoms with Crippen molar-refractivity contribution in [3.05, 3.63) is 218 Å². The summed E-state index contributed by atoms with van der Waals surface area (Å²) in [4.78, 5) is 7.73. The zero-order valence-electron chi connectivity index (χ0n) is 35.9. The molecule has 7 heteroatoms. The van der Waals surface area contributed by atoms with Crippen LogP contribution >= 0.6 is 34.0 Å². The molecule has 0 saturated carbocycles. The molecular weight excluding hydrogens is 870 g/mol. The second kappa shape index (κ2) is 14.4. The van der Waals surface area contributed by atoms with Crippen LogP contribution < -0.4 is 31.1 Å². The van der Waals surface area contributed by atoms with Crippen molar-refractivity contribution in [3.8, 4) is 0 Å². The number of hydrogen-bond donors (Lipinski definition) is 0. The summed E-state index contributed by atoms with van der Waals surface area (Å²) in [6.07, 6.45) is 0. The Morgan fingerprint density at radius 1 is 0.343 bits per heavy atom.